The molecule has 0 spiro atoms. The van der Waals surface area contributed by atoms with Crippen LogP contribution in [0.3, 0.4) is 0 Å². The third kappa shape index (κ3) is 2.17. The second-order valence-electron chi connectivity index (χ2n) is 7.55. The Bertz CT molecular complexity index is 995. The van der Waals surface area contributed by atoms with E-state index in [0.29, 0.717) is 0 Å². The van der Waals surface area contributed by atoms with Crippen molar-refractivity contribution in [3.8, 4) is 11.1 Å². The van der Waals surface area contributed by atoms with E-state index in [1.165, 1.54) is 19.2 Å². The van der Waals surface area contributed by atoms with Crippen molar-refractivity contribution in [2.45, 2.75) is 12.6 Å². The van der Waals surface area contributed by atoms with E-state index in [1.54, 1.807) is 18.2 Å². The lowest BCUT2D eigenvalue weighted by molar-refractivity contribution is -0.141. The lowest BCUT2D eigenvalue weighted by Crippen LogP contribution is -2.34. The molecule has 0 unspecified atom stereocenters. The van der Waals surface area contributed by atoms with Gasteiger partial charge in [-0.1, -0.05) is 42.5 Å². The quantitative estimate of drug-likeness (QED) is 0.586. The summed E-state index contributed by atoms with van der Waals surface area (Å²) in [5.74, 6) is -1.99. The van der Waals surface area contributed by atoms with Crippen molar-refractivity contribution in [3.63, 3.8) is 0 Å². The first-order valence-electron chi connectivity index (χ1n) is 9.04. The highest BCUT2D eigenvalue weighted by atomic mass is 19.4. The van der Waals surface area contributed by atoms with E-state index in [9.17, 15) is 22.8 Å². The zero-order chi connectivity index (χ0) is 19.8. The molecule has 3 aliphatic rings. The van der Waals surface area contributed by atoms with Crippen LogP contribution in [0.1, 0.15) is 12.1 Å². The minimum atomic E-state index is -4.72. The minimum Gasteiger partial charge on any atom is -0.274 e. The van der Waals surface area contributed by atoms with E-state index in [2.05, 4.69) is 5.10 Å². The maximum absolute atomic E-state index is 13.7. The first-order valence-corrected chi connectivity index (χ1v) is 9.04. The van der Waals surface area contributed by atoms with E-state index < -0.39 is 35.5 Å². The fraction of sp³-hybridized carbons (Fsp3) is 0.350. The van der Waals surface area contributed by atoms with Gasteiger partial charge in [0.25, 0.3) is 0 Å². The number of amides is 2. The normalized spacial score (nSPS) is 28.5. The first kappa shape index (κ1) is 17.2. The summed E-state index contributed by atoms with van der Waals surface area (Å²) in [6.45, 7) is 0. The van der Waals surface area contributed by atoms with Gasteiger partial charge >= 0.3 is 6.18 Å². The molecule has 1 saturated heterocycles. The molecule has 2 bridgehead atoms. The smallest absolute Gasteiger partial charge is 0.274 e. The highest BCUT2D eigenvalue weighted by Gasteiger charge is 2.60. The molecule has 4 atom stereocenters. The molecule has 28 heavy (non-hydrogen) atoms. The number of rotatable bonds is 2. The third-order valence-corrected chi connectivity index (χ3v) is 6.03. The number of carbonyl (C=O) groups is 2. The summed E-state index contributed by atoms with van der Waals surface area (Å²) in [6.07, 6.45) is -0.0686. The number of carbonyl (C=O) groups excluding carboxylic acids is 2. The van der Waals surface area contributed by atoms with Crippen LogP contribution in [0.15, 0.2) is 42.5 Å². The number of imide groups is 1. The molecule has 2 aliphatic carbocycles. The number of anilines is 1. The number of hydrogen-bond donors (Lipinski definition) is 0. The number of benzene rings is 1. The number of aromatic nitrogens is 2. The average Bonchev–Trinajstić information content (AvgIpc) is 3.39. The number of aryl methyl sites for hydroxylation is 1. The average molecular weight is 387 g/mol. The van der Waals surface area contributed by atoms with Crippen LogP contribution in [-0.2, 0) is 22.8 Å². The van der Waals surface area contributed by atoms with Crippen molar-refractivity contribution in [1.82, 2.24) is 9.78 Å². The van der Waals surface area contributed by atoms with Gasteiger partial charge in [-0.15, -0.1) is 0 Å². The molecule has 144 valence electrons. The first-order chi connectivity index (χ1) is 13.3. The van der Waals surface area contributed by atoms with Crippen LogP contribution in [0.25, 0.3) is 11.1 Å². The Hall–Kier alpha value is -2.90. The number of nitrogens with zero attached hydrogens (tertiary/aromatic N) is 3. The summed E-state index contributed by atoms with van der Waals surface area (Å²) >= 11 is 0. The van der Waals surface area contributed by atoms with Crippen LogP contribution in [0, 0.1) is 23.7 Å². The van der Waals surface area contributed by atoms with Crippen molar-refractivity contribution in [3.05, 3.63) is 48.2 Å². The molecule has 1 aromatic heterocycles. The molecule has 2 heterocycles. The van der Waals surface area contributed by atoms with Crippen LogP contribution in [0.5, 0.6) is 0 Å². The Morgan fingerprint density at radius 3 is 2.11 bits per heavy atom. The Morgan fingerprint density at radius 1 is 1.00 bits per heavy atom. The second kappa shape index (κ2) is 5.56. The fourth-order valence-electron chi connectivity index (χ4n) is 4.95. The summed E-state index contributed by atoms with van der Waals surface area (Å²) in [4.78, 5) is 27.2. The maximum Gasteiger partial charge on any atom is 0.435 e. The predicted octanol–water partition coefficient (Wildman–Crippen LogP) is 3.42. The van der Waals surface area contributed by atoms with E-state index in [0.717, 1.165) is 16.0 Å². The molecule has 2 aromatic rings. The van der Waals surface area contributed by atoms with Gasteiger partial charge in [-0.05, 0) is 23.8 Å². The number of alkyl halides is 3. The van der Waals surface area contributed by atoms with Gasteiger partial charge in [-0.2, -0.15) is 18.3 Å². The van der Waals surface area contributed by atoms with Crippen molar-refractivity contribution in [2.24, 2.45) is 30.7 Å². The molecule has 5 rings (SSSR count). The number of fused-ring (bicyclic) bond motifs is 5. The predicted molar refractivity (Wildman–Crippen MR) is 93.9 cm³/mol. The second-order valence-corrected chi connectivity index (χ2v) is 7.55. The van der Waals surface area contributed by atoms with Crippen molar-refractivity contribution in [1.29, 1.82) is 0 Å². The number of halogens is 3. The summed E-state index contributed by atoms with van der Waals surface area (Å²) in [5.41, 5.74) is -1.08. The van der Waals surface area contributed by atoms with Gasteiger partial charge in [0, 0.05) is 7.05 Å². The van der Waals surface area contributed by atoms with Crippen LogP contribution in [0.4, 0.5) is 19.0 Å². The van der Waals surface area contributed by atoms with Crippen molar-refractivity contribution in [2.75, 3.05) is 4.90 Å². The molecule has 0 radical (unpaired) electrons. The van der Waals surface area contributed by atoms with E-state index in [1.807, 2.05) is 12.2 Å². The van der Waals surface area contributed by atoms with Gasteiger partial charge in [0.2, 0.25) is 11.8 Å². The standard InChI is InChI=1S/C20H16F3N3O2/c1-25-17(15(10-5-3-2-4-6-10)16(24-25)20(21,22)23)26-18(27)13-11-7-8-12(9-11)14(13)19(26)28/h2-8,11-14H,9H2,1H3/t11-,12-,13-,14+/m1/s1. The Kier molecular flexibility index (Phi) is 3.42. The van der Waals surface area contributed by atoms with Gasteiger partial charge in [0.1, 0.15) is 5.82 Å². The molecule has 1 saturated carbocycles. The third-order valence-electron chi connectivity index (χ3n) is 6.03. The van der Waals surface area contributed by atoms with Gasteiger partial charge in [-0.3, -0.25) is 14.3 Å². The molecular formula is C20H16F3N3O2. The summed E-state index contributed by atoms with van der Waals surface area (Å²) in [6, 6.07) is 7.95. The van der Waals surface area contributed by atoms with Crippen LogP contribution < -0.4 is 4.90 Å². The maximum atomic E-state index is 13.7. The minimum absolute atomic E-state index is 0.0214. The van der Waals surface area contributed by atoms with Crippen LogP contribution in [-0.4, -0.2) is 21.6 Å². The highest BCUT2D eigenvalue weighted by molar-refractivity contribution is 6.23. The van der Waals surface area contributed by atoms with Crippen LogP contribution >= 0.6 is 0 Å². The van der Waals surface area contributed by atoms with Gasteiger partial charge in [0.15, 0.2) is 5.69 Å². The summed E-state index contributed by atoms with van der Waals surface area (Å²) in [5, 5.41) is 3.65. The number of hydrogen-bond acceptors (Lipinski definition) is 3. The monoisotopic (exact) mass is 387 g/mol. The van der Waals surface area contributed by atoms with Crippen molar-refractivity contribution < 1.29 is 22.8 Å². The van der Waals surface area contributed by atoms with E-state index >= 15 is 0 Å². The molecule has 1 aromatic carbocycles. The topological polar surface area (TPSA) is 55.2 Å². The van der Waals surface area contributed by atoms with Crippen molar-refractivity contribution >= 4 is 17.6 Å². The summed E-state index contributed by atoms with van der Waals surface area (Å²) < 4.78 is 42.1. The zero-order valence-electron chi connectivity index (χ0n) is 14.8. The SMILES string of the molecule is Cn1nc(C(F)(F)F)c(-c2ccccc2)c1N1C(=O)[C@@H]2[C@H](C1=O)[C@@H]1C=C[C@@H]2C1. The lowest BCUT2D eigenvalue weighted by Gasteiger charge is -2.19. The van der Waals surface area contributed by atoms with E-state index in [-0.39, 0.29) is 28.8 Å². The van der Waals surface area contributed by atoms with Crippen LogP contribution in [0.2, 0.25) is 0 Å². The summed E-state index contributed by atoms with van der Waals surface area (Å²) in [7, 11) is 1.33. The highest BCUT2D eigenvalue weighted by Crippen LogP contribution is 2.54. The zero-order valence-corrected chi connectivity index (χ0v) is 14.8. The van der Waals surface area contributed by atoms with Gasteiger partial charge in [-0.25, -0.2) is 4.90 Å². The Labute approximate surface area is 158 Å². The fourth-order valence-corrected chi connectivity index (χ4v) is 4.95. The molecule has 1 aliphatic heterocycles. The molecule has 2 fully saturated rings. The molecule has 8 heteroatoms. The molecule has 2 amide bonds. The Balaban J connectivity index is 1.70. The number of allylic oxidation sites excluding steroid dienone is 2. The molecular weight excluding hydrogens is 371 g/mol. The van der Waals surface area contributed by atoms with Gasteiger partial charge in [0.05, 0.1) is 17.4 Å². The lowest BCUT2D eigenvalue weighted by atomic mass is 9.85. The Morgan fingerprint density at radius 2 is 1.57 bits per heavy atom. The largest absolute Gasteiger partial charge is 0.435 e. The van der Waals surface area contributed by atoms with E-state index in [4.69, 9.17) is 0 Å². The molecule has 0 N–H and O–H groups in total. The molecule has 5 nitrogen and oxygen atoms in total. The van der Waals surface area contributed by atoms with Gasteiger partial charge < -0.3 is 0 Å².